The summed E-state index contributed by atoms with van der Waals surface area (Å²) in [5, 5.41) is 11.4. The van der Waals surface area contributed by atoms with Crippen molar-refractivity contribution in [1.29, 1.82) is 0 Å². The Morgan fingerprint density at radius 2 is 1.16 bits per heavy atom. The van der Waals surface area contributed by atoms with Gasteiger partial charge >= 0.3 is 0 Å². The van der Waals surface area contributed by atoms with Crippen molar-refractivity contribution in [3.05, 3.63) is 173 Å². The molecule has 6 heterocycles. The lowest BCUT2D eigenvalue weighted by atomic mass is 9.91. The van der Waals surface area contributed by atoms with Crippen LogP contribution in [0.2, 0.25) is 0 Å². The number of nitrogens with one attached hydrogen (secondary N) is 5. The zero-order chi connectivity index (χ0) is 59.7. The number of hydrogen-bond donors (Lipinski definition) is 8. The van der Waals surface area contributed by atoms with E-state index in [1.54, 1.807) is 37.3 Å². The van der Waals surface area contributed by atoms with Crippen LogP contribution in [0.5, 0.6) is 0 Å². The van der Waals surface area contributed by atoms with E-state index < -0.39 is 44.9 Å². The van der Waals surface area contributed by atoms with Crippen LogP contribution in [-0.2, 0) is 10.0 Å². The summed E-state index contributed by atoms with van der Waals surface area (Å²) in [6.45, 7) is 1.81. The molecule has 0 amide bonds. The number of benzene rings is 5. The Balaban J connectivity index is 0.000000148. The number of rotatable bonds is 10. The highest BCUT2D eigenvalue weighted by atomic mass is 32.2. The third-order valence-electron chi connectivity index (χ3n) is 14.7. The molecular formula is C59H54F6N16O3S. The zero-order valence-corrected chi connectivity index (χ0v) is 46.0. The zero-order valence-electron chi connectivity index (χ0n) is 45.2. The van der Waals surface area contributed by atoms with E-state index in [0.29, 0.717) is 41.2 Å². The standard InChI is InChI=1S/C26H23F3N8.C25H24F3N5O2S.C8H7N3O/c27-13-8-17-18(11-31-22(17)19(28)9-13)23-32-12-20(29)25(36-23)34-15-5-3-4-14(10-15)33-24-16-6-1-2-7-21(16)35-26(30)37-24;1-14-5-7-18(8-6-14)36(34,35)33-13-20(19-9-15(26)10-21(27)23(19)33)24-30-12-22(28)25(32-24)31-17-4-2-3-16(29)11-17;9-8-10-6-4-2-1-3-5(6)7(12)11-8/h1-2,6-9,11-12,14-15,31H,3-5,10H2,(H,32,34,36)(H3,30,33,35,37);5-10,12-13,16-17H,2-4,11,29H2,1H3,(H,30,31,32);1-4H,(H3,9,10,11,12)/t14-,15+;16-,17+;/m00./s1. The van der Waals surface area contributed by atoms with Crippen molar-refractivity contribution in [2.75, 3.05) is 27.4 Å². The van der Waals surface area contributed by atoms with Crippen molar-refractivity contribution in [2.24, 2.45) is 5.73 Å². The van der Waals surface area contributed by atoms with Gasteiger partial charge in [0.15, 0.2) is 40.7 Å². The number of nitrogen functional groups attached to an aromatic ring is 2. The van der Waals surface area contributed by atoms with Crippen LogP contribution in [-0.4, -0.2) is 81.4 Å². The van der Waals surface area contributed by atoms with Crippen LogP contribution in [0.4, 0.5) is 55.7 Å². The predicted octanol–water partition coefficient (Wildman–Crippen LogP) is 10.7. The van der Waals surface area contributed by atoms with E-state index in [1.807, 2.05) is 30.3 Å². The van der Waals surface area contributed by atoms with Gasteiger partial charge in [0.2, 0.25) is 11.9 Å². The van der Waals surface area contributed by atoms with Crippen molar-refractivity contribution < 1.29 is 34.8 Å². The van der Waals surface area contributed by atoms with Crippen LogP contribution >= 0.6 is 0 Å². The summed E-state index contributed by atoms with van der Waals surface area (Å²) < 4.78 is 114. The van der Waals surface area contributed by atoms with Crippen LogP contribution in [0.25, 0.3) is 66.4 Å². The largest absolute Gasteiger partial charge is 0.369 e. The second kappa shape index (κ2) is 23.9. The summed E-state index contributed by atoms with van der Waals surface area (Å²) in [5.41, 5.74) is 19.5. The van der Waals surface area contributed by atoms with Gasteiger partial charge in [-0.25, -0.2) is 68.6 Å². The van der Waals surface area contributed by atoms with E-state index in [-0.39, 0.29) is 97.2 Å². The first-order chi connectivity index (χ1) is 40.8. The third-order valence-corrected chi connectivity index (χ3v) is 16.4. The highest BCUT2D eigenvalue weighted by Gasteiger charge is 2.29. The molecule has 2 saturated carbocycles. The quantitative estimate of drug-likeness (QED) is 0.0591. The smallest absolute Gasteiger partial charge is 0.268 e. The van der Waals surface area contributed by atoms with Crippen molar-refractivity contribution in [1.82, 2.24) is 48.8 Å². The molecular weight excluding hydrogens is 1130 g/mol. The Hall–Kier alpha value is -9.69. The molecule has 0 unspecified atom stereocenters. The molecule has 2 aliphatic carbocycles. The Kier molecular flexibility index (Phi) is 16.1. The van der Waals surface area contributed by atoms with E-state index in [9.17, 15) is 39.6 Å². The fraction of sp³-hybridized carbons (Fsp3) is 0.220. The molecule has 0 bridgehead atoms. The van der Waals surface area contributed by atoms with Gasteiger partial charge in [-0.15, -0.1) is 0 Å². The third kappa shape index (κ3) is 12.4. The molecule has 19 nitrogen and oxygen atoms in total. The van der Waals surface area contributed by atoms with Crippen molar-refractivity contribution >= 4 is 83.0 Å². The molecule has 85 heavy (non-hydrogen) atoms. The lowest BCUT2D eigenvalue weighted by Gasteiger charge is -2.31. The molecule has 26 heteroatoms. The number of aryl methyl sites for hydroxylation is 1. The molecule has 0 saturated heterocycles. The minimum Gasteiger partial charge on any atom is -0.369 e. The number of halogens is 6. The average Bonchev–Trinajstić information content (AvgIpc) is 1.73. The summed E-state index contributed by atoms with van der Waals surface area (Å²) >= 11 is 0. The van der Waals surface area contributed by atoms with E-state index in [4.69, 9.17) is 17.2 Å². The van der Waals surface area contributed by atoms with Gasteiger partial charge in [0.05, 0.1) is 39.2 Å². The molecule has 5 aromatic carbocycles. The van der Waals surface area contributed by atoms with Gasteiger partial charge in [-0.3, -0.25) is 9.78 Å². The molecule has 2 fully saturated rings. The van der Waals surface area contributed by atoms with E-state index in [1.165, 1.54) is 24.4 Å². The molecule has 0 radical (unpaired) electrons. The number of fused-ring (bicyclic) bond motifs is 4. The van der Waals surface area contributed by atoms with Gasteiger partial charge in [0.1, 0.15) is 28.8 Å². The maximum absolute atomic E-state index is 15.0. The molecule has 436 valence electrons. The number of anilines is 5. The maximum atomic E-state index is 15.0. The minimum absolute atomic E-state index is 0.00322. The van der Waals surface area contributed by atoms with Gasteiger partial charge in [-0.05, 0) is 107 Å². The lowest BCUT2D eigenvalue weighted by Crippen LogP contribution is -2.35. The van der Waals surface area contributed by atoms with Crippen molar-refractivity contribution in [3.8, 4) is 22.8 Å². The van der Waals surface area contributed by atoms with Crippen molar-refractivity contribution in [3.63, 3.8) is 0 Å². The average molecular weight is 1180 g/mol. The first-order valence-corrected chi connectivity index (χ1v) is 28.5. The summed E-state index contributed by atoms with van der Waals surface area (Å²) in [6, 6.07) is 24.3. The number of hydrogen-bond acceptors (Lipinski definition) is 16. The number of aromatic amines is 2. The van der Waals surface area contributed by atoms with Gasteiger partial charge in [-0.2, -0.15) is 4.98 Å². The first kappa shape index (κ1) is 57.1. The van der Waals surface area contributed by atoms with Gasteiger partial charge in [0, 0.05) is 76.0 Å². The summed E-state index contributed by atoms with van der Waals surface area (Å²) in [7, 11) is -4.26. The van der Waals surface area contributed by atoms with Crippen LogP contribution in [0.3, 0.4) is 0 Å². The van der Waals surface area contributed by atoms with Crippen LogP contribution in [0.15, 0.2) is 132 Å². The monoisotopic (exact) mass is 1180 g/mol. The second-order valence-corrected chi connectivity index (χ2v) is 22.6. The minimum atomic E-state index is -4.26. The van der Waals surface area contributed by atoms with Crippen LogP contribution in [0, 0.1) is 41.8 Å². The number of H-pyrrole nitrogens is 2. The van der Waals surface area contributed by atoms with Crippen LogP contribution < -0.4 is 38.7 Å². The Labute approximate surface area is 480 Å². The number of aromatic nitrogens is 10. The SMILES string of the molecule is Cc1ccc(S(=O)(=O)n2cc(-c3ncc(F)c(N[C@@H]4CCC[C@H](N)C4)n3)c3cc(F)cc(F)c32)cc1.Nc1nc(N[C@H]2CCC[C@@H](Nc3nc(-c4c[nH]c5c(F)cc(F)cc45)ncc3F)C2)c2ccccc2n1.Nc1nc2ccccc2c(=O)[nH]1. The predicted molar refractivity (Wildman–Crippen MR) is 314 cm³/mol. The highest BCUT2D eigenvalue weighted by Crippen LogP contribution is 2.36. The van der Waals surface area contributed by atoms with Crippen molar-refractivity contribution in [2.45, 2.75) is 87.4 Å². The fourth-order valence-corrected chi connectivity index (χ4v) is 12.1. The molecule has 13 rings (SSSR count). The number of nitrogens with two attached hydrogens (primary N) is 3. The molecule has 0 spiro atoms. The van der Waals surface area contributed by atoms with Gasteiger partial charge in [-0.1, -0.05) is 42.0 Å². The van der Waals surface area contributed by atoms with Gasteiger partial charge < -0.3 is 38.1 Å². The van der Waals surface area contributed by atoms with E-state index in [2.05, 4.69) is 60.8 Å². The Morgan fingerprint density at radius 1 is 0.600 bits per heavy atom. The first-order valence-electron chi connectivity index (χ1n) is 27.0. The highest BCUT2D eigenvalue weighted by molar-refractivity contribution is 7.90. The van der Waals surface area contributed by atoms with E-state index in [0.717, 1.165) is 89.7 Å². The summed E-state index contributed by atoms with van der Waals surface area (Å²) in [6.07, 6.45) is 11.2. The topological polar surface area (TPSA) is 292 Å². The molecule has 11 N–H and O–H groups in total. The number of para-hydroxylation sites is 2. The lowest BCUT2D eigenvalue weighted by molar-refractivity contribution is 0.407. The summed E-state index contributed by atoms with van der Waals surface area (Å²) in [4.78, 5) is 45.7. The maximum Gasteiger partial charge on any atom is 0.268 e. The number of nitrogens with zero attached hydrogens (tertiary/aromatic N) is 8. The van der Waals surface area contributed by atoms with Crippen LogP contribution in [0.1, 0.15) is 56.9 Å². The molecule has 0 aliphatic heterocycles. The van der Waals surface area contributed by atoms with E-state index >= 15 is 0 Å². The molecule has 6 aromatic heterocycles. The molecule has 2 aliphatic rings. The Morgan fingerprint density at radius 3 is 1.82 bits per heavy atom. The molecule has 11 aromatic rings. The fourth-order valence-electron chi connectivity index (χ4n) is 10.7. The second-order valence-electron chi connectivity index (χ2n) is 20.8. The molecule has 4 atom stereocenters. The summed E-state index contributed by atoms with van der Waals surface area (Å²) in [5.74, 6) is -3.66. The normalized spacial score (nSPS) is 17.0. The van der Waals surface area contributed by atoms with Gasteiger partial charge in [0.25, 0.3) is 15.6 Å². The Bertz CT molecular complexity index is 4490.